The van der Waals surface area contributed by atoms with E-state index in [2.05, 4.69) is 240 Å². The predicted molar refractivity (Wildman–Crippen MR) is 247 cm³/mol. The third-order valence-corrected chi connectivity index (χ3v) is 11.5. The average Bonchev–Trinajstić information content (AvgIpc) is 3.64. The highest BCUT2D eigenvalue weighted by molar-refractivity contribution is 6.17. The Kier molecular flexibility index (Phi) is 8.19. The van der Waals surface area contributed by atoms with Crippen LogP contribution in [0.25, 0.3) is 82.4 Å². The van der Waals surface area contributed by atoms with Crippen LogP contribution in [0.2, 0.25) is 0 Å². The van der Waals surface area contributed by atoms with Gasteiger partial charge in [-0.2, -0.15) is 0 Å². The van der Waals surface area contributed by atoms with Gasteiger partial charge in [-0.25, -0.2) is 0 Å². The molecule has 0 aliphatic carbocycles. The van der Waals surface area contributed by atoms with Gasteiger partial charge < -0.3 is 9.47 Å². The molecule has 2 heteroatoms. The van der Waals surface area contributed by atoms with Crippen LogP contribution in [0.1, 0.15) is 0 Å². The summed E-state index contributed by atoms with van der Waals surface area (Å²) < 4.78 is 2.40. The lowest BCUT2D eigenvalue weighted by atomic mass is 9.92. The number of fused-ring (bicyclic) bond motifs is 5. The fraction of sp³-hybridized carbons (Fsp3) is 0. The third-order valence-electron chi connectivity index (χ3n) is 11.5. The van der Waals surface area contributed by atoms with E-state index in [0.717, 1.165) is 33.8 Å². The number of aromatic nitrogens is 1. The van der Waals surface area contributed by atoms with Crippen molar-refractivity contribution in [2.75, 3.05) is 4.90 Å². The second-order valence-corrected chi connectivity index (χ2v) is 14.9. The zero-order valence-corrected chi connectivity index (χ0v) is 31.8. The molecule has 0 radical (unpaired) electrons. The summed E-state index contributed by atoms with van der Waals surface area (Å²) in [6.45, 7) is 0. The molecule has 0 saturated heterocycles. The highest BCUT2D eigenvalue weighted by atomic mass is 15.2. The summed E-state index contributed by atoms with van der Waals surface area (Å²) in [5, 5.41) is 7.34. The molecule has 2 nitrogen and oxygen atoms in total. The van der Waals surface area contributed by atoms with E-state index in [0.29, 0.717) is 0 Å². The topological polar surface area (TPSA) is 8.17 Å². The number of anilines is 3. The molecule has 11 rings (SSSR count). The second kappa shape index (κ2) is 14.1. The first-order valence-electron chi connectivity index (χ1n) is 19.9. The molecule has 1 aromatic heterocycles. The molecule has 0 fully saturated rings. The van der Waals surface area contributed by atoms with Gasteiger partial charge in [-0.1, -0.05) is 170 Å². The minimum atomic E-state index is 1.08. The Labute approximate surface area is 338 Å². The Balaban J connectivity index is 1.21. The summed E-state index contributed by atoms with van der Waals surface area (Å²) in [7, 11) is 0. The van der Waals surface area contributed by atoms with E-state index in [-0.39, 0.29) is 0 Å². The van der Waals surface area contributed by atoms with Crippen LogP contribution < -0.4 is 4.90 Å². The summed E-state index contributed by atoms with van der Waals surface area (Å²) in [5.41, 5.74) is 13.9. The number of rotatable bonds is 7. The van der Waals surface area contributed by atoms with Crippen molar-refractivity contribution in [3.05, 3.63) is 231 Å². The van der Waals surface area contributed by atoms with Crippen LogP contribution in [0.15, 0.2) is 231 Å². The Hall–Kier alpha value is -7.68. The van der Waals surface area contributed by atoms with Crippen LogP contribution in [0.5, 0.6) is 0 Å². The van der Waals surface area contributed by atoms with Crippen molar-refractivity contribution in [3.63, 3.8) is 0 Å². The highest BCUT2D eigenvalue weighted by Crippen LogP contribution is 2.48. The predicted octanol–water partition coefficient (Wildman–Crippen LogP) is 15.6. The molecule has 0 N–H and O–H groups in total. The first kappa shape index (κ1) is 33.6. The largest absolute Gasteiger partial charge is 0.309 e. The molecule has 0 saturated carbocycles. The molecular formula is C56H38N2. The number of nitrogens with zero attached hydrogens (tertiary/aromatic N) is 2. The quantitative estimate of drug-likeness (QED) is 0.158. The fourth-order valence-corrected chi connectivity index (χ4v) is 8.86. The van der Waals surface area contributed by atoms with Gasteiger partial charge in [-0.05, 0) is 110 Å². The molecule has 0 bridgehead atoms. The van der Waals surface area contributed by atoms with Crippen LogP contribution >= 0.6 is 0 Å². The monoisotopic (exact) mass is 738 g/mol. The van der Waals surface area contributed by atoms with Gasteiger partial charge in [0.1, 0.15) is 0 Å². The Bertz CT molecular complexity index is 3290. The second-order valence-electron chi connectivity index (χ2n) is 14.9. The smallest absolute Gasteiger partial charge is 0.0562 e. The number of benzene rings is 10. The van der Waals surface area contributed by atoms with Gasteiger partial charge in [0.25, 0.3) is 0 Å². The normalized spacial score (nSPS) is 11.4. The van der Waals surface area contributed by atoms with Gasteiger partial charge in [-0.3, -0.25) is 0 Å². The van der Waals surface area contributed by atoms with Crippen molar-refractivity contribution >= 4 is 60.4 Å². The Morgan fingerprint density at radius 2 is 0.879 bits per heavy atom. The number of hydrogen-bond donors (Lipinski definition) is 0. The van der Waals surface area contributed by atoms with E-state index in [4.69, 9.17) is 0 Å². The molecule has 0 unspecified atom stereocenters. The van der Waals surface area contributed by atoms with E-state index < -0.39 is 0 Å². The maximum Gasteiger partial charge on any atom is 0.0562 e. The van der Waals surface area contributed by atoms with Crippen molar-refractivity contribution in [2.24, 2.45) is 0 Å². The van der Waals surface area contributed by atoms with Crippen molar-refractivity contribution in [1.82, 2.24) is 4.57 Å². The molecule has 0 spiro atoms. The minimum absolute atomic E-state index is 1.08. The van der Waals surface area contributed by atoms with Gasteiger partial charge in [0, 0.05) is 27.7 Å². The first-order valence-corrected chi connectivity index (χ1v) is 19.9. The van der Waals surface area contributed by atoms with Gasteiger partial charge in [0.05, 0.1) is 22.4 Å². The zero-order chi connectivity index (χ0) is 38.4. The fourth-order valence-electron chi connectivity index (χ4n) is 8.86. The standard InChI is InChI=1S/C56H38N2/c1-3-18-41(19-4-1)51-38-47(34-35-48(51)44-32-30-39-16-7-9-20-42(39)36-44)58(52-26-13-11-24-49(52)45-33-31-40-17-8-10-21-43(40)37-45)55-29-15-28-54-56(55)50-25-12-14-27-53(50)57(54)46-22-5-2-6-23-46/h1-38H. The highest BCUT2D eigenvalue weighted by Gasteiger charge is 2.24. The van der Waals surface area contributed by atoms with E-state index >= 15 is 0 Å². The van der Waals surface area contributed by atoms with Crippen molar-refractivity contribution in [2.45, 2.75) is 0 Å². The Morgan fingerprint density at radius 1 is 0.310 bits per heavy atom. The van der Waals surface area contributed by atoms with Crippen molar-refractivity contribution in [1.29, 1.82) is 0 Å². The van der Waals surface area contributed by atoms with Crippen LogP contribution in [-0.4, -0.2) is 4.57 Å². The van der Waals surface area contributed by atoms with Gasteiger partial charge in [-0.15, -0.1) is 0 Å². The van der Waals surface area contributed by atoms with Crippen molar-refractivity contribution in [3.8, 4) is 39.1 Å². The molecule has 272 valence electrons. The molecule has 11 aromatic rings. The van der Waals surface area contributed by atoms with Crippen LogP contribution in [0, 0.1) is 0 Å². The van der Waals surface area contributed by atoms with Gasteiger partial charge in [0.15, 0.2) is 0 Å². The van der Waals surface area contributed by atoms with Crippen LogP contribution in [-0.2, 0) is 0 Å². The maximum atomic E-state index is 2.49. The van der Waals surface area contributed by atoms with Gasteiger partial charge >= 0.3 is 0 Å². The minimum Gasteiger partial charge on any atom is -0.309 e. The molecule has 58 heavy (non-hydrogen) atoms. The summed E-state index contributed by atoms with van der Waals surface area (Å²) in [4.78, 5) is 2.49. The summed E-state index contributed by atoms with van der Waals surface area (Å²) in [6.07, 6.45) is 0. The lowest BCUT2D eigenvalue weighted by Gasteiger charge is -2.30. The lowest BCUT2D eigenvalue weighted by Crippen LogP contribution is -2.12. The first-order chi connectivity index (χ1) is 28.8. The molecule has 0 amide bonds. The van der Waals surface area contributed by atoms with Gasteiger partial charge in [0.2, 0.25) is 0 Å². The van der Waals surface area contributed by atoms with E-state index in [9.17, 15) is 0 Å². The number of para-hydroxylation sites is 3. The molecule has 0 atom stereocenters. The number of hydrogen-bond acceptors (Lipinski definition) is 1. The SMILES string of the molecule is c1ccc(-c2cc(N(c3ccccc3-c3ccc4ccccc4c3)c3cccc4c3c3ccccc3n4-c3ccccc3)ccc2-c2ccc3ccccc3c2)cc1. The Morgan fingerprint density at radius 3 is 1.62 bits per heavy atom. The van der Waals surface area contributed by atoms with Crippen molar-refractivity contribution < 1.29 is 0 Å². The molecule has 0 aliphatic rings. The average molecular weight is 739 g/mol. The molecule has 10 aromatic carbocycles. The van der Waals surface area contributed by atoms with E-state index in [1.54, 1.807) is 0 Å². The third kappa shape index (κ3) is 5.74. The summed E-state index contributed by atoms with van der Waals surface area (Å²) in [6, 6.07) is 83.9. The molecular weight excluding hydrogens is 701 g/mol. The van der Waals surface area contributed by atoms with Crippen LogP contribution in [0.3, 0.4) is 0 Å². The summed E-state index contributed by atoms with van der Waals surface area (Å²) in [5.74, 6) is 0. The lowest BCUT2D eigenvalue weighted by molar-refractivity contribution is 1.18. The van der Waals surface area contributed by atoms with Crippen LogP contribution in [0.4, 0.5) is 17.1 Å². The van der Waals surface area contributed by atoms with E-state index in [1.807, 2.05) is 0 Å². The van der Waals surface area contributed by atoms with E-state index in [1.165, 1.54) is 65.7 Å². The molecule has 1 heterocycles. The molecule has 0 aliphatic heterocycles. The maximum absolute atomic E-state index is 2.49. The summed E-state index contributed by atoms with van der Waals surface area (Å²) >= 11 is 0. The zero-order valence-electron chi connectivity index (χ0n) is 31.8.